The molecule has 0 aliphatic heterocycles. The molecule has 0 aliphatic rings. The molecule has 0 saturated carbocycles. The summed E-state index contributed by atoms with van der Waals surface area (Å²) in [5.41, 5.74) is 0. The molecule has 0 fully saturated rings. The fraction of sp³-hybridized carbons (Fsp3) is 0.714. The molecular formula is C21H36O15S3. The van der Waals surface area contributed by atoms with Crippen molar-refractivity contribution in [1.29, 1.82) is 0 Å². The van der Waals surface area contributed by atoms with Gasteiger partial charge in [-0.05, 0) is 19.3 Å². The molecular weight excluding hydrogens is 588 g/mol. The van der Waals surface area contributed by atoms with Crippen LogP contribution < -0.4 is 14.2 Å². The van der Waals surface area contributed by atoms with Gasteiger partial charge >= 0.3 is 11.4 Å². The summed E-state index contributed by atoms with van der Waals surface area (Å²) >= 11 is -1.33. The molecule has 1 atom stereocenters. The average Bonchev–Trinajstić information content (AvgIpc) is 2.88. The smallest absolute Gasteiger partial charge is 0.301 e. The molecule has 1 rings (SSSR count). The first-order valence-corrected chi connectivity index (χ1v) is 15.4. The Hall–Kier alpha value is -1.29. The van der Waals surface area contributed by atoms with Crippen LogP contribution in [0.4, 0.5) is 0 Å². The third-order valence-corrected chi connectivity index (χ3v) is 6.03. The van der Waals surface area contributed by atoms with Crippen LogP contribution >= 0.6 is 12.0 Å². The Bertz CT molecular complexity index is 872. The van der Waals surface area contributed by atoms with Crippen LogP contribution in [0.2, 0.25) is 0 Å². The minimum Gasteiger partial charge on any atom is -0.491 e. The van der Waals surface area contributed by atoms with Crippen LogP contribution in [0.3, 0.4) is 0 Å². The third kappa shape index (κ3) is 23.1. The van der Waals surface area contributed by atoms with Crippen molar-refractivity contribution in [1.82, 2.24) is 0 Å². The molecule has 0 heterocycles. The fourth-order valence-electron chi connectivity index (χ4n) is 2.67. The minimum absolute atomic E-state index is 0.101. The summed E-state index contributed by atoms with van der Waals surface area (Å²) in [5, 5.41) is 11.5. The van der Waals surface area contributed by atoms with Crippen molar-refractivity contribution in [3.63, 3.8) is 0 Å². The van der Waals surface area contributed by atoms with E-state index in [4.69, 9.17) is 42.8 Å². The third-order valence-electron chi connectivity index (χ3n) is 4.25. The zero-order valence-electron chi connectivity index (χ0n) is 21.3. The average molecular weight is 625 g/mol. The van der Waals surface area contributed by atoms with Crippen molar-refractivity contribution < 1.29 is 69.0 Å². The van der Waals surface area contributed by atoms with Gasteiger partial charge in [0.25, 0.3) is 10.1 Å². The minimum atomic E-state index is -4.01. The standard InChI is InChI=1S/C21H36O15S3/c22-35-36-37-14-2-5-29-9-12-32-20-16-19(31-11-8-28-4-1-7-34-38(23)24)17-21(18-20)33-13-10-30-6-3-15-39(25,26)27/h16-18,22H,1-15H2,(H,23,24)(H,25,26,27). The Kier molecular flexibility index (Phi) is 21.5. The Morgan fingerprint density at radius 1 is 0.718 bits per heavy atom. The molecule has 1 unspecified atom stereocenters. The van der Waals surface area contributed by atoms with E-state index in [1.807, 2.05) is 0 Å². The van der Waals surface area contributed by atoms with Crippen LogP contribution in [0, 0.1) is 0 Å². The molecule has 15 nitrogen and oxygen atoms in total. The van der Waals surface area contributed by atoms with Gasteiger partial charge in [-0.3, -0.25) is 13.3 Å². The Balaban J connectivity index is 2.44. The van der Waals surface area contributed by atoms with Gasteiger partial charge in [0.2, 0.25) is 0 Å². The Labute approximate surface area is 234 Å². The monoisotopic (exact) mass is 624 g/mol. The van der Waals surface area contributed by atoms with E-state index in [9.17, 15) is 12.6 Å². The second-order valence-corrected chi connectivity index (χ2v) is 10.4. The second kappa shape index (κ2) is 23.4. The number of rotatable bonds is 27. The van der Waals surface area contributed by atoms with Crippen LogP contribution in [0.25, 0.3) is 0 Å². The number of hydrogen-bond donors (Lipinski definition) is 3. The van der Waals surface area contributed by atoms with E-state index in [-0.39, 0.29) is 58.4 Å². The molecule has 0 aliphatic carbocycles. The summed E-state index contributed by atoms with van der Waals surface area (Å²) in [6.45, 7) is 2.58. The molecule has 0 radical (unpaired) electrons. The maximum atomic E-state index is 10.7. The first kappa shape index (κ1) is 35.7. The van der Waals surface area contributed by atoms with Gasteiger partial charge in [-0.25, -0.2) is 5.26 Å². The van der Waals surface area contributed by atoms with E-state index in [1.54, 1.807) is 18.2 Å². The van der Waals surface area contributed by atoms with Crippen LogP contribution in [0.1, 0.15) is 19.3 Å². The van der Waals surface area contributed by atoms with Crippen molar-refractivity contribution in [3.8, 4) is 17.2 Å². The lowest BCUT2D eigenvalue weighted by Gasteiger charge is -2.14. The molecule has 0 aromatic heterocycles. The Morgan fingerprint density at radius 3 is 1.67 bits per heavy atom. The first-order valence-electron chi connectivity index (χ1n) is 11.9. The van der Waals surface area contributed by atoms with Gasteiger partial charge < -0.3 is 28.4 Å². The van der Waals surface area contributed by atoms with Gasteiger partial charge in [0, 0.05) is 55.8 Å². The van der Waals surface area contributed by atoms with Crippen molar-refractivity contribution in [2.75, 3.05) is 77.6 Å². The molecule has 1 aromatic carbocycles. The van der Waals surface area contributed by atoms with Gasteiger partial charge in [0.15, 0.2) is 0 Å². The summed E-state index contributed by atoms with van der Waals surface area (Å²) in [5.74, 6) is 1.63. The largest absolute Gasteiger partial charge is 0.491 e. The molecule has 0 bridgehead atoms. The van der Waals surface area contributed by atoms with Crippen molar-refractivity contribution in [3.05, 3.63) is 18.2 Å². The molecule has 1 aromatic rings. The van der Waals surface area contributed by atoms with Crippen LogP contribution in [-0.4, -0.2) is 105 Å². The van der Waals surface area contributed by atoms with Crippen molar-refractivity contribution in [2.24, 2.45) is 0 Å². The zero-order chi connectivity index (χ0) is 28.6. The highest BCUT2D eigenvalue weighted by Gasteiger charge is 2.07. The number of hydrogen-bond acceptors (Lipinski definition) is 14. The summed E-state index contributed by atoms with van der Waals surface area (Å²) in [6, 6.07) is 5.03. The van der Waals surface area contributed by atoms with Crippen molar-refractivity contribution >= 4 is 33.5 Å². The lowest BCUT2D eigenvalue weighted by atomic mass is 10.3. The van der Waals surface area contributed by atoms with E-state index in [2.05, 4.69) is 13.6 Å². The van der Waals surface area contributed by atoms with Gasteiger partial charge in [-0.15, -0.1) is 4.33 Å². The predicted octanol–water partition coefficient (Wildman–Crippen LogP) is 2.15. The van der Waals surface area contributed by atoms with Gasteiger partial charge in [-0.1, -0.05) is 5.04 Å². The van der Waals surface area contributed by atoms with E-state index < -0.39 is 21.5 Å². The van der Waals surface area contributed by atoms with Crippen molar-refractivity contribution in [2.45, 2.75) is 19.3 Å². The summed E-state index contributed by atoms with van der Waals surface area (Å²) in [7, 11) is -4.01. The summed E-state index contributed by atoms with van der Waals surface area (Å²) in [6.07, 6.45) is 1.31. The molecule has 0 spiro atoms. The second-order valence-electron chi connectivity index (χ2n) is 7.37. The highest BCUT2D eigenvalue weighted by molar-refractivity contribution is 7.94. The topological polar surface area (TPSA) is 195 Å². The molecule has 0 amide bonds. The number of ether oxygens (including phenoxy) is 6. The van der Waals surface area contributed by atoms with Crippen LogP contribution in [0.15, 0.2) is 18.2 Å². The van der Waals surface area contributed by atoms with Gasteiger partial charge in [0.05, 0.1) is 32.2 Å². The van der Waals surface area contributed by atoms with E-state index in [1.165, 1.54) is 0 Å². The van der Waals surface area contributed by atoms with E-state index in [0.717, 1.165) is 12.0 Å². The lowest BCUT2D eigenvalue weighted by molar-refractivity contribution is -0.432. The van der Waals surface area contributed by atoms with Gasteiger partial charge in [0.1, 0.15) is 37.1 Å². The zero-order valence-corrected chi connectivity index (χ0v) is 23.8. The van der Waals surface area contributed by atoms with Crippen LogP contribution in [-0.2, 0) is 49.2 Å². The maximum Gasteiger partial charge on any atom is 0.301 e. The predicted molar refractivity (Wildman–Crippen MR) is 140 cm³/mol. The summed E-state index contributed by atoms with van der Waals surface area (Å²) < 4.78 is 91.2. The first-order chi connectivity index (χ1) is 18.8. The Morgan fingerprint density at radius 2 is 1.21 bits per heavy atom. The summed E-state index contributed by atoms with van der Waals surface area (Å²) in [4.78, 5) is 0. The highest BCUT2D eigenvalue weighted by Crippen LogP contribution is 2.28. The van der Waals surface area contributed by atoms with E-state index >= 15 is 0 Å². The maximum absolute atomic E-state index is 10.7. The molecule has 228 valence electrons. The highest BCUT2D eigenvalue weighted by atomic mass is 32.2. The molecule has 18 heteroatoms. The fourth-order valence-corrected chi connectivity index (χ4v) is 3.76. The van der Waals surface area contributed by atoms with Crippen LogP contribution in [0.5, 0.6) is 17.2 Å². The lowest BCUT2D eigenvalue weighted by Crippen LogP contribution is -2.12. The normalized spacial score (nSPS) is 12.4. The molecule has 0 saturated heterocycles. The molecule has 39 heavy (non-hydrogen) atoms. The van der Waals surface area contributed by atoms with Gasteiger partial charge in [-0.2, -0.15) is 12.6 Å². The molecule has 3 N–H and O–H groups in total. The number of benzene rings is 1. The SMILES string of the molecule is O=S(O)OCCCOCCOc1cc(OCCOCCCSOOO)cc(OCCOCCCS(=O)(=O)O)c1. The van der Waals surface area contributed by atoms with E-state index in [0.29, 0.717) is 55.7 Å². The quantitative estimate of drug-likeness (QED) is 0.0321.